The van der Waals surface area contributed by atoms with Gasteiger partial charge >= 0.3 is 0 Å². The predicted octanol–water partition coefficient (Wildman–Crippen LogP) is 3.74. The highest BCUT2D eigenvalue weighted by Crippen LogP contribution is 2.12. The van der Waals surface area contributed by atoms with Crippen LogP contribution in [0, 0.1) is 5.92 Å². The van der Waals surface area contributed by atoms with Crippen molar-refractivity contribution in [3.63, 3.8) is 0 Å². The SMILES string of the molecule is CCCCCC(=CC(C)C)C(C)=O. The number of ketones is 1. The van der Waals surface area contributed by atoms with Gasteiger partial charge in [-0.2, -0.15) is 0 Å². The Morgan fingerprint density at radius 2 is 1.92 bits per heavy atom. The Balaban J connectivity index is 4.03. The molecule has 0 atom stereocenters. The molecule has 0 N–H and O–H groups in total. The van der Waals surface area contributed by atoms with Crippen molar-refractivity contribution >= 4 is 5.78 Å². The zero-order valence-corrected chi connectivity index (χ0v) is 9.39. The van der Waals surface area contributed by atoms with Gasteiger partial charge in [-0.25, -0.2) is 0 Å². The number of hydrogen-bond donors (Lipinski definition) is 0. The quantitative estimate of drug-likeness (QED) is 0.452. The van der Waals surface area contributed by atoms with Gasteiger partial charge in [0.15, 0.2) is 5.78 Å². The number of allylic oxidation sites excluding steroid dienone is 2. The molecule has 0 aromatic rings. The Morgan fingerprint density at radius 3 is 2.31 bits per heavy atom. The Hall–Kier alpha value is -0.590. The fraction of sp³-hybridized carbons (Fsp3) is 0.750. The summed E-state index contributed by atoms with van der Waals surface area (Å²) in [4.78, 5) is 11.2. The summed E-state index contributed by atoms with van der Waals surface area (Å²) in [6, 6.07) is 0. The molecule has 0 aliphatic carbocycles. The fourth-order valence-electron chi connectivity index (χ4n) is 1.34. The summed E-state index contributed by atoms with van der Waals surface area (Å²) < 4.78 is 0. The lowest BCUT2D eigenvalue weighted by molar-refractivity contribution is -0.113. The first-order valence-corrected chi connectivity index (χ1v) is 5.29. The molecular weight excluding hydrogens is 160 g/mol. The van der Waals surface area contributed by atoms with E-state index in [9.17, 15) is 4.79 Å². The van der Waals surface area contributed by atoms with Crippen molar-refractivity contribution in [3.8, 4) is 0 Å². The Kier molecular flexibility index (Phi) is 6.56. The molecule has 0 bridgehead atoms. The number of carbonyl (C=O) groups excluding carboxylic acids is 1. The molecule has 76 valence electrons. The maximum Gasteiger partial charge on any atom is 0.155 e. The highest BCUT2D eigenvalue weighted by atomic mass is 16.1. The van der Waals surface area contributed by atoms with Crippen LogP contribution in [0.4, 0.5) is 0 Å². The van der Waals surface area contributed by atoms with Crippen LogP contribution in [0.15, 0.2) is 11.6 Å². The zero-order valence-electron chi connectivity index (χ0n) is 9.39. The van der Waals surface area contributed by atoms with Crippen molar-refractivity contribution in [3.05, 3.63) is 11.6 Å². The van der Waals surface area contributed by atoms with Crippen molar-refractivity contribution in [2.24, 2.45) is 5.92 Å². The van der Waals surface area contributed by atoms with E-state index in [2.05, 4.69) is 26.8 Å². The van der Waals surface area contributed by atoms with Gasteiger partial charge in [-0.1, -0.05) is 39.7 Å². The molecule has 1 nitrogen and oxygen atoms in total. The van der Waals surface area contributed by atoms with E-state index in [1.54, 1.807) is 6.92 Å². The van der Waals surface area contributed by atoms with E-state index >= 15 is 0 Å². The molecule has 0 rings (SSSR count). The minimum Gasteiger partial charge on any atom is -0.295 e. The van der Waals surface area contributed by atoms with Gasteiger partial charge in [-0.05, 0) is 31.3 Å². The molecule has 0 heterocycles. The second kappa shape index (κ2) is 6.88. The third-order valence-corrected chi connectivity index (χ3v) is 2.04. The summed E-state index contributed by atoms with van der Waals surface area (Å²) in [5.41, 5.74) is 1.02. The molecular formula is C12H22O. The number of unbranched alkanes of at least 4 members (excludes halogenated alkanes) is 2. The van der Waals surface area contributed by atoms with Crippen LogP contribution >= 0.6 is 0 Å². The van der Waals surface area contributed by atoms with Crippen molar-refractivity contribution in [1.82, 2.24) is 0 Å². The van der Waals surface area contributed by atoms with E-state index in [-0.39, 0.29) is 5.78 Å². The average Bonchev–Trinajstić information content (AvgIpc) is 2.02. The Morgan fingerprint density at radius 1 is 1.31 bits per heavy atom. The van der Waals surface area contributed by atoms with Crippen LogP contribution in [0.3, 0.4) is 0 Å². The van der Waals surface area contributed by atoms with Crippen LogP contribution in [0.5, 0.6) is 0 Å². The van der Waals surface area contributed by atoms with Crippen LogP contribution < -0.4 is 0 Å². The second-order valence-corrected chi connectivity index (χ2v) is 3.95. The van der Waals surface area contributed by atoms with Gasteiger partial charge in [0.1, 0.15) is 0 Å². The highest BCUT2D eigenvalue weighted by molar-refractivity contribution is 5.93. The molecule has 0 radical (unpaired) electrons. The van der Waals surface area contributed by atoms with Crippen molar-refractivity contribution in [2.75, 3.05) is 0 Å². The van der Waals surface area contributed by atoms with E-state index in [1.165, 1.54) is 12.8 Å². The summed E-state index contributed by atoms with van der Waals surface area (Å²) >= 11 is 0. The number of rotatable bonds is 6. The Bertz CT molecular complexity index is 178. The number of Topliss-reactive ketones (excluding diaryl/α,β-unsaturated/α-hetero) is 1. The molecule has 0 aliphatic rings. The molecule has 0 saturated heterocycles. The van der Waals surface area contributed by atoms with E-state index in [1.807, 2.05) is 0 Å². The normalized spacial score (nSPS) is 12.2. The highest BCUT2D eigenvalue weighted by Gasteiger charge is 2.03. The van der Waals surface area contributed by atoms with Gasteiger partial charge in [-0.3, -0.25) is 4.79 Å². The van der Waals surface area contributed by atoms with Gasteiger partial charge in [0.05, 0.1) is 0 Å². The molecule has 0 aromatic heterocycles. The topological polar surface area (TPSA) is 17.1 Å². The minimum atomic E-state index is 0.241. The lowest BCUT2D eigenvalue weighted by Gasteiger charge is -2.04. The Labute approximate surface area is 82.2 Å². The van der Waals surface area contributed by atoms with Crippen LogP contribution in [-0.2, 0) is 4.79 Å². The van der Waals surface area contributed by atoms with E-state index in [4.69, 9.17) is 0 Å². The summed E-state index contributed by atoms with van der Waals surface area (Å²) in [5, 5.41) is 0. The molecule has 0 aliphatic heterocycles. The molecule has 0 saturated carbocycles. The van der Waals surface area contributed by atoms with Crippen molar-refractivity contribution in [2.45, 2.75) is 53.4 Å². The lowest BCUT2D eigenvalue weighted by Crippen LogP contribution is -1.99. The van der Waals surface area contributed by atoms with Crippen LogP contribution in [0.1, 0.15) is 53.4 Å². The van der Waals surface area contributed by atoms with Gasteiger partial charge < -0.3 is 0 Å². The first kappa shape index (κ1) is 12.4. The first-order valence-electron chi connectivity index (χ1n) is 5.29. The molecule has 0 fully saturated rings. The van der Waals surface area contributed by atoms with Gasteiger partial charge in [-0.15, -0.1) is 0 Å². The molecule has 13 heavy (non-hydrogen) atoms. The molecule has 0 amide bonds. The maximum atomic E-state index is 11.2. The molecule has 0 unspecified atom stereocenters. The van der Waals surface area contributed by atoms with E-state index in [0.717, 1.165) is 18.4 Å². The number of hydrogen-bond acceptors (Lipinski definition) is 1. The van der Waals surface area contributed by atoms with Crippen LogP contribution in [0.2, 0.25) is 0 Å². The molecule has 1 heteroatoms. The standard InChI is InChI=1S/C12H22O/c1-5-6-7-8-12(11(4)13)9-10(2)3/h9-10H,5-8H2,1-4H3. The summed E-state index contributed by atoms with van der Waals surface area (Å²) in [6.07, 6.45) is 6.64. The van der Waals surface area contributed by atoms with Gasteiger partial charge in [0, 0.05) is 0 Å². The zero-order chi connectivity index (χ0) is 10.3. The van der Waals surface area contributed by atoms with Crippen molar-refractivity contribution in [1.29, 1.82) is 0 Å². The number of carbonyl (C=O) groups is 1. The summed E-state index contributed by atoms with van der Waals surface area (Å²) in [6.45, 7) is 8.07. The summed E-state index contributed by atoms with van der Waals surface area (Å²) in [7, 11) is 0. The third-order valence-electron chi connectivity index (χ3n) is 2.04. The minimum absolute atomic E-state index is 0.241. The van der Waals surface area contributed by atoms with E-state index in [0.29, 0.717) is 5.92 Å². The van der Waals surface area contributed by atoms with Gasteiger partial charge in [0.2, 0.25) is 0 Å². The van der Waals surface area contributed by atoms with Gasteiger partial charge in [0.25, 0.3) is 0 Å². The average molecular weight is 182 g/mol. The maximum absolute atomic E-state index is 11.2. The fourth-order valence-corrected chi connectivity index (χ4v) is 1.34. The molecule has 0 aromatic carbocycles. The second-order valence-electron chi connectivity index (χ2n) is 3.95. The lowest BCUT2D eigenvalue weighted by atomic mass is 10.0. The summed E-state index contributed by atoms with van der Waals surface area (Å²) in [5.74, 6) is 0.727. The largest absolute Gasteiger partial charge is 0.295 e. The molecule has 0 spiro atoms. The van der Waals surface area contributed by atoms with Crippen molar-refractivity contribution < 1.29 is 4.79 Å². The smallest absolute Gasteiger partial charge is 0.155 e. The van der Waals surface area contributed by atoms with Crippen LogP contribution in [0.25, 0.3) is 0 Å². The van der Waals surface area contributed by atoms with E-state index < -0.39 is 0 Å². The monoisotopic (exact) mass is 182 g/mol. The van der Waals surface area contributed by atoms with Crippen LogP contribution in [-0.4, -0.2) is 5.78 Å². The third kappa shape index (κ3) is 6.56. The predicted molar refractivity (Wildman–Crippen MR) is 57.7 cm³/mol. The first-order chi connectivity index (χ1) is 6.07.